The molecule has 0 bridgehead atoms. The van der Waals surface area contributed by atoms with Gasteiger partial charge in [-0.25, -0.2) is 4.98 Å². The zero-order chi connectivity index (χ0) is 21.5. The number of thiazole rings is 1. The highest BCUT2D eigenvalue weighted by atomic mass is 32.1. The monoisotopic (exact) mass is 422 g/mol. The van der Waals surface area contributed by atoms with Gasteiger partial charge in [-0.2, -0.15) is 0 Å². The number of anilines is 1. The van der Waals surface area contributed by atoms with Crippen molar-refractivity contribution in [3.8, 4) is 22.8 Å². The zero-order valence-electron chi connectivity index (χ0n) is 18.0. The molecule has 156 valence electrons. The maximum atomic E-state index is 12.4. The molecule has 2 aromatic carbocycles. The Hall–Kier alpha value is -2.86. The molecule has 3 aromatic rings. The van der Waals surface area contributed by atoms with E-state index in [0.29, 0.717) is 10.9 Å². The standard InChI is InChI=1S/C24H26N2O3S/c1-14-9-16(3)18(10-15(14)2)19-13-30-23(25-19)26-21(27)12-28-20-8-6-7-17-11-24(4,5)29-22(17)20/h6-10,13H,11-12H2,1-5H3,(H,25,26,27). The normalized spacial score (nSPS) is 14.2. The predicted octanol–water partition coefficient (Wildman–Crippen LogP) is 5.47. The first-order valence-corrected chi connectivity index (χ1v) is 10.9. The van der Waals surface area contributed by atoms with Crippen LogP contribution < -0.4 is 14.8 Å². The Balaban J connectivity index is 1.41. The van der Waals surface area contributed by atoms with Gasteiger partial charge in [0.1, 0.15) is 5.60 Å². The summed E-state index contributed by atoms with van der Waals surface area (Å²) in [7, 11) is 0. The molecule has 6 heteroatoms. The van der Waals surface area contributed by atoms with Crippen molar-refractivity contribution in [1.82, 2.24) is 4.98 Å². The number of para-hydroxylation sites is 1. The molecular weight excluding hydrogens is 396 g/mol. The molecule has 0 radical (unpaired) electrons. The zero-order valence-corrected chi connectivity index (χ0v) is 18.8. The van der Waals surface area contributed by atoms with Gasteiger partial charge in [-0.3, -0.25) is 10.1 Å². The van der Waals surface area contributed by atoms with Crippen LogP contribution in [0.15, 0.2) is 35.7 Å². The summed E-state index contributed by atoms with van der Waals surface area (Å²) >= 11 is 1.41. The summed E-state index contributed by atoms with van der Waals surface area (Å²) in [6.07, 6.45) is 0.825. The lowest BCUT2D eigenvalue weighted by atomic mass is 9.99. The lowest BCUT2D eigenvalue weighted by Gasteiger charge is -2.18. The molecule has 30 heavy (non-hydrogen) atoms. The molecule has 5 nitrogen and oxygen atoms in total. The molecule has 4 rings (SSSR count). The summed E-state index contributed by atoms with van der Waals surface area (Å²) < 4.78 is 11.7. The number of fused-ring (bicyclic) bond motifs is 1. The number of carbonyl (C=O) groups excluding carboxylic acids is 1. The molecule has 0 fully saturated rings. The van der Waals surface area contributed by atoms with Crippen molar-refractivity contribution in [3.05, 3.63) is 58.0 Å². The van der Waals surface area contributed by atoms with Crippen molar-refractivity contribution >= 4 is 22.4 Å². The van der Waals surface area contributed by atoms with E-state index in [-0.39, 0.29) is 18.1 Å². The van der Waals surface area contributed by atoms with Crippen molar-refractivity contribution in [2.75, 3.05) is 11.9 Å². The maximum Gasteiger partial charge on any atom is 0.264 e. The molecule has 0 spiro atoms. The van der Waals surface area contributed by atoms with E-state index in [1.54, 1.807) is 0 Å². The Labute approximate surface area is 181 Å². The Kier molecular flexibility index (Phi) is 5.28. The van der Waals surface area contributed by atoms with Gasteiger partial charge in [0.15, 0.2) is 23.2 Å². The van der Waals surface area contributed by atoms with Gasteiger partial charge in [0, 0.05) is 22.9 Å². The van der Waals surface area contributed by atoms with E-state index in [2.05, 4.69) is 43.2 Å². The van der Waals surface area contributed by atoms with Crippen LogP contribution in [0.3, 0.4) is 0 Å². The first-order chi connectivity index (χ1) is 14.2. The summed E-state index contributed by atoms with van der Waals surface area (Å²) in [5, 5.41) is 5.36. The minimum absolute atomic E-state index is 0.0994. The lowest BCUT2D eigenvalue weighted by molar-refractivity contribution is -0.118. The number of hydrogen-bond donors (Lipinski definition) is 1. The molecule has 1 N–H and O–H groups in total. The van der Waals surface area contributed by atoms with Crippen molar-refractivity contribution in [2.45, 2.75) is 46.6 Å². The minimum Gasteiger partial charge on any atom is -0.483 e. The highest BCUT2D eigenvalue weighted by Crippen LogP contribution is 2.41. The molecule has 1 aliphatic heterocycles. The summed E-state index contributed by atoms with van der Waals surface area (Å²) in [4.78, 5) is 17.0. The Morgan fingerprint density at radius 3 is 2.77 bits per heavy atom. The summed E-state index contributed by atoms with van der Waals surface area (Å²) in [6.45, 7) is 10.3. The summed E-state index contributed by atoms with van der Waals surface area (Å²) in [6, 6.07) is 10.1. The quantitative estimate of drug-likeness (QED) is 0.593. The number of aromatic nitrogens is 1. The van der Waals surface area contributed by atoms with Gasteiger partial charge in [0.25, 0.3) is 5.91 Å². The number of benzene rings is 2. The minimum atomic E-state index is -0.256. The number of ether oxygens (including phenoxy) is 2. The molecule has 2 heterocycles. The third-order valence-electron chi connectivity index (χ3n) is 5.28. The van der Waals surface area contributed by atoms with Crippen LogP contribution in [0.25, 0.3) is 11.3 Å². The maximum absolute atomic E-state index is 12.4. The predicted molar refractivity (Wildman–Crippen MR) is 121 cm³/mol. The van der Waals surface area contributed by atoms with Crippen LogP contribution in [-0.4, -0.2) is 23.1 Å². The van der Waals surface area contributed by atoms with Crippen LogP contribution in [0.2, 0.25) is 0 Å². The molecular formula is C24H26N2O3S. The van der Waals surface area contributed by atoms with Crippen LogP contribution in [0.5, 0.6) is 11.5 Å². The Morgan fingerprint density at radius 2 is 1.97 bits per heavy atom. The van der Waals surface area contributed by atoms with Crippen LogP contribution in [0, 0.1) is 20.8 Å². The van der Waals surface area contributed by atoms with Gasteiger partial charge in [0.05, 0.1) is 5.69 Å². The number of nitrogens with zero attached hydrogens (tertiary/aromatic N) is 1. The van der Waals surface area contributed by atoms with E-state index in [1.165, 1.54) is 28.0 Å². The number of aryl methyl sites for hydroxylation is 3. The third kappa shape index (κ3) is 4.19. The van der Waals surface area contributed by atoms with Gasteiger partial charge >= 0.3 is 0 Å². The van der Waals surface area contributed by atoms with E-state index in [4.69, 9.17) is 9.47 Å². The summed E-state index contributed by atoms with van der Waals surface area (Å²) in [5.74, 6) is 1.08. The lowest BCUT2D eigenvalue weighted by Crippen LogP contribution is -2.25. The first kappa shape index (κ1) is 20.4. The SMILES string of the molecule is Cc1cc(C)c(-c2csc(NC(=O)COc3cccc4c3OC(C)(C)C4)n2)cc1C. The third-order valence-corrected chi connectivity index (χ3v) is 6.04. The van der Waals surface area contributed by atoms with E-state index in [0.717, 1.165) is 29.0 Å². The second kappa shape index (κ2) is 7.76. The molecule has 0 saturated carbocycles. The fraction of sp³-hybridized carbons (Fsp3) is 0.333. The first-order valence-electron chi connectivity index (χ1n) is 9.99. The number of nitrogens with one attached hydrogen (secondary N) is 1. The number of carbonyl (C=O) groups is 1. The van der Waals surface area contributed by atoms with Gasteiger partial charge in [-0.05, 0) is 63.4 Å². The molecule has 0 unspecified atom stereocenters. The number of rotatable bonds is 5. The average Bonchev–Trinajstić information content (AvgIpc) is 3.25. The van der Waals surface area contributed by atoms with E-state index >= 15 is 0 Å². The van der Waals surface area contributed by atoms with Crippen molar-refractivity contribution in [1.29, 1.82) is 0 Å². The Bertz CT molecular complexity index is 1120. The second-order valence-electron chi connectivity index (χ2n) is 8.41. The fourth-order valence-corrected chi connectivity index (χ4v) is 4.42. The number of amides is 1. The van der Waals surface area contributed by atoms with Crippen molar-refractivity contribution in [2.24, 2.45) is 0 Å². The van der Waals surface area contributed by atoms with Crippen molar-refractivity contribution < 1.29 is 14.3 Å². The topological polar surface area (TPSA) is 60.5 Å². The summed E-state index contributed by atoms with van der Waals surface area (Å²) in [5.41, 5.74) is 6.46. The van der Waals surface area contributed by atoms with Gasteiger partial charge in [0.2, 0.25) is 0 Å². The van der Waals surface area contributed by atoms with Crippen LogP contribution in [-0.2, 0) is 11.2 Å². The molecule has 1 amide bonds. The van der Waals surface area contributed by atoms with Crippen molar-refractivity contribution in [3.63, 3.8) is 0 Å². The van der Waals surface area contributed by atoms with Crippen LogP contribution in [0.1, 0.15) is 36.1 Å². The molecule has 0 saturated heterocycles. The van der Waals surface area contributed by atoms with E-state index < -0.39 is 0 Å². The average molecular weight is 423 g/mol. The van der Waals surface area contributed by atoms with Crippen LogP contribution >= 0.6 is 11.3 Å². The fourth-order valence-electron chi connectivity index (χ4n) is 3.69. The van der Waals surface area contributed by atoms with E-state index in [1.807, 2.05) is 37.4 Å². The molecule has 0 atom stereocenters. The van der Waals surface area contributed by atoms with Gasteiger partial charge in [-0.15, -0.1) is 11.3 Å². The van der Waals surface area contributed by atoms with Crippen LogP contribution in [0.4, 0.5) is 5.13 Å². The Morgan fingerprint density at radius 1 is 1.20 bits per heavy atom. The smallest absolute Gasteiger partial charge is 0.264 e. The van der Waals surface area contributed by atoms with E-state index in [9.17, 15) is 4.79 Å². The second-order valence-corrected chi connectivity index (χ2v) is 9.27. The molecule has 1 aliphatic rings. The van der Waals surface area contributed by atoms with Gasteiger partial charge in [-0.1, -0.05) is 18.2 Å². The largest absolute Gasteiger partial charge is 0.483 e. The highest BCUT2D eigenvalue weighted by Gasteiger charge is 2.32. The molecule has 0 aliphatic carbocycles. The highest BCUT2D eigenvalue weighted by molar-refractivity contribution is 7.14. The number of hydrogen-bond acceptors (Lipinski definition) is 5. The van der Waals surface area contributed by atoms with Gasteiger partial charge < -0.3 is 9.47 Å². The molecule has 1 aromatic heterocycles.